The normalized spacial score (nSPS) is 21.1. The predicted octanol–water partition coefficient (Wildman–Crippen LogP) is 2.03. The molecule has 0 radical (unpaired) electrons. The number of rotatable bonds is 3. The van der Waals surface area contributed by atoms with Crippen LogP contribution in [-0.2, 0) is 11.2 Å². The van der Waals surface area contributed by atoms with Gasteiger partial charge in [-0.3, -0.25) is 9.69 Å². The van der Waals surface area contributed by atoms with Crippen molar-refractivity contribution in [1.82, 2.24) is 4.90 Å². The maximum Gasteiger partial charge on any atom is 0.227 e. The number of hydrogen-bond acceptors (Lipinski definition) is 3. The minimum absolute atomic E-state index is 0.244. The fraction of sp³-hybridized carbons (Fsp3) is 0.562. The van der Waals surface area contributed by atoms with Crippen LogP contribution in [0.5, 0.6) is 0 Å². The Morgan fingerprint density at radius 3 is 2.75 bits per heavy atom. The Morgan fingerprint density at radius 2 is 2.00 bits per heavy atom. The molecular formula is C16H23N3O. The maximum atomic E-state index is 12.3. The molecule has 4 nitrogen and oxygen atoms in total. The van der Waals surface area contributed by atoms with E-state index < -0.39 is 0 Å². The van der Waals surface area contributed by atoms with Crippen molar-refractivity contribution in [2.75, 3.05) is 30.3 Å². The van der Waals surface area contributed by atoms with Crippen LogP contribution < -0.4 is 10.6 Å². The Morgan fingerprint density at radius 1 is 1.25 bits per heavy atom. The lowest BCUT2D eigenvalue weighted by molar-refractivity contribution is -0.119. The van der Waals surface area contributed by atoms with E-state index in [0.717, 1.165) is 37.4 Å². The van der Waals surface area contributed by atoms with Gasteiger partial charge in [-0.1, -0.05) is 0 Å². The van der Waals surface area contributed by atoms with Crippen LogP contribution in [-0.4, -0.2) is 36.5 Å². The van der Waals surface area contributed by atoms with Crippen LogP contribution in [0.4, 0.5) is 11.4 Å². The molecule has 0 aromatic heterocycles. The largest absolute Gasteiger partial charge is 0.399 e. The van der Waals surface area contributed by atoms with E-state index in [0.29, 0.717) is 12.5 Å². The van der Waals surface area contributed by atoms with Gasteiger partial charge in [0.2, 0.25) is 5.91 Å². The molecule has 0 saturated carbocycles. The molecule has 1 saturated heterocycles. The molecule has 1 amide bonds. The van der Waals surface area contributed by atoms with Crippen molar-refractivity contribution in [3.63, 3.8) is 0 Å². The Labute approximate surface area is 120 Å². The summed E-state index contributed by atoms with van der Waals surface area (Å²) >= 11 is 0. The highest BCUT2D eigenvalue weighted by atomic mass is 16.2. The highest BCUT2D eigenvalue weighted by Gasteiger charge is 2.28. The highest BCUT2D eigenvalue weighted by Crippen LogP contribution is 2.30. The van der Waals surface area contributed by atoms with Gasteiger partial charge in [0.1, 0.15) is 0 Å². The van der Waals surface area contributed by atoms with E-state index in [1.165, 1.54) is 18.4 Å². The Bertz CT molecular complexity index is 508. The molecule has 2 N–H and O–H groups in total. The van der Waals surface area contributed by atoms with Gasteiger partial charge in [0.25, 0.3) is 0 Å². The molecule has 4 heteroatoms. The van der Waals surface area contributed by atoms with Gasteiger partial charge >= 0.3 is 0 Å². The number of benzene rings is 1. The molecule has 1 atom stereocenters. The van der Waals surface area contributed by atoms with Crippen molar-refractivity contribution in [2.45, 2.75) is 38.6 Å². The fourth-order valence-corrected chi connectivity index (χ4v) is 3.34. The first-order chi connectivity index (χ1) is 9.65. The number of nitrogens with two attached hydrogens (primary N) is 1. The summed E-state index contributed by atoms with van der Waals surface area (Å²) in [6.07, 6.45) is 3.98. The zero-order valence-corrected chi connectivity index (χ0v) is 12.1. The molecule has 1 unspecified atom stereocenters. The van der Waals surface area contributed by atoms with Gasteiger partial charge < -0.3 is 10.6 Å². The predicted molar refractivity (Wildman–Crippen MR) is 81.8 cm³/mol. The lowest BCUT2D eigenvalue weighted by Gasteiger charge is -2.34. The van der Waals surface area contributed by atoms with Crippen molar-refractivity contribution in [2.24, 2.45) is 0 Å². The Balaban J connectivity index is 1.80. The molecule has 108 valence electrons. The van der Waals surface area contributed by atoms with Crippen molar-refractivity contribution in [3.05, 3.63) is 23.8 Å². The van der Waals surface area contributed by atoms with Crippen LogP contribution in [0.15, 0.2) is 18.2 Å². The van der Waals surface area contributed by atoms with Crippen LogP contribution in [0, 0.1) is 0 Å². The summed E-state index contributed by atoms with van der Waals surface area (Å²) in [5, 5.41) is 0. The topological polar surface area (TPSA) is 49.6 Å². The second-order valence-electron chi connectivity index (χ2n) is 5.98. The number of fused-ring (bicyclic) bond motifs is 1. The molecule has 2 aliphatic rings. The van der Waals surface area contributed by atoms with Crippen molar-refractivity contribution < 1.29 is 4.79 Å². The van der Waals surface area contributed by atoms with Gasteiger partial charge in [-0.2, -0.15) is 0 Å². The van der Waals surface area contributed by atoms with E-state index in [4.69, 9.17) is 5.73 Å². The first-order valence-corrected chi connectivity index (χ1v) is 7.58. The second-order valence-corrected chi connectivity index (χ2v) is 5.98. The molecule has 0 spiro atoms. The smallest absolute Gasteiger partial charge is 0.227 e. The lowest BCUT2D eigenvalue weighted by Crippen LogP contribution is -2.45. The molecule has 2 heterocycles. The van der Waals surface area contributed by atoms with Gasteiger partial charge in [0.15, 0.2) is 0 Å². The third kappa shape index (κ3) is 2.52. The number of carbonyl (C=O) groups excluding carboxylic acids is 1. The summed E-state index contributed by atoms with van der Waals surface area (Å²) in [5.74, 6) is 0.244. The molecule has 1 fully saturated rings. The van der Waals surface area contributed by atoms with Gasteiger partial charge in [-0.25, -0.2) is 0 Å². The molecular weight excluding hydrogens is 250 g/mol. The van der Waals surface area contributed by atoms with Crippen molar-refractivity contribution in [1.29, 1.82) is 0 Å². The number of hydrogen-bond donors (Lipinski definition) is 1. The van der Waals surface area contributed by atoms with Crippen LogP contribution in [0.2, 0.25) is 0 Å². The average Bonchev–Trinajstić information content (AvgIpc) is 2.96. The monoisotopic (exact) mass is 273 g/mol. The van der Waals surface area contributed by atoms with Gasteiger partial charge in [-0.05, 0) is 63.0 Å². The molecule has 1 aromatic rings. The van der Waals surface area contributed by atoms with Gasteiger partial charge in [0.05, 0.1) is 0 Å². The van der Waals surface area contributed by atoms with E-state index in [1.54, 1.807) is 0 Å². The summed E-state index contributed by atoms with van der Waals surface area (Å²) < 4.78 is 0. The summed E-state index contributed by atoms with van der Waals surface area (Å²) in [4.78, 5) is 16.7. The fourth-order valence-electron chi connectivity index (χ4n) is 3.34. The molecule has 20 heavy (non-hydrogen) atoms. The standard InChI is InChI=1S/C16H23N3O/c1-12(18-8-2-3-9-18)11-19-15-6-5-14(17)10-13(15)4-7-16(19)20/h5-6,10,12H,2-4,7-9,11,17H2,1H3. The molecule has 0 aliphatic carbocycles. The quantitative estimate of drug-likeness (QED) is 0.857. The van der Waals surface area contributed by atoms with Crippen LogP contribution in [0.1, 0.15) is 31.7 Å². The number of carbonyl (C=O) groups is 1. The van der Waals surface area contributed by atoms with Crippen LogP contribution >= 0.6 is 0 Å². The Hall–Kier alpha value is -1.55. The van der Waals surface area contributed by atoms with Crippen molar-refractivity contribution >= 4 is 17.3 Å². The summed E-state index contributed by atoms with van der Waals surface area (Å²) in [7, 11) is 0. The second kappa shape index (κ2) is 5.44. The zero-order chi connectivity index (χ0) is 14.1. The van der Waals surface area contributed by atoms with Crippen molar-refractivity contribution in [3.8, 4) is 0 Å². The summed E-state index contributed by atoms with van der Waals surface area (Å²) in [6, 6.07) is 6.32. The number of anilines is 2. The number of nitrogens with zero attached hydrogens (tertiary/aromatic N) is 2. The van der Waals surface area contributed by atoms with Crippen LogP contribution in [0.25, 0.3) is 0 Å². The molecule has 0 bridgehead atoms. The third-order valence-electron chi connectivity index (χ3n) is 4.51. The highest BCUT2D eigenvalue weighted by molar-refractivity contribution is 5.96. The average molecular weight is 273 g/mol. The molecule has 3 rings (SSSR count). The van der Waals surface area contributed by atoms with Crippen LogP contribution in [0.3, 0.4) is 0 Å². The minimum Gasteiger partial charge on any atom is -0.399 e. The zero-order valence-electron chi connectivity index (χ0n) is 12.1. The lowest BCUT2D eigenvalue weighted by atomic mass is 10.00. The SMILES string of the molecule is CC(CN1C(=O)CCc2cc(N)ccc21)N1CCCC1. The van der Waals surface area contributed by atoms with E-state index in [9.17, 15) is 4.79 Å². The number of nitrogen functional groups attached to an aromatic ring is 1. The summed E-state index contributed by atoms with van der Waals surface area (Å²) in [6.45, 7) is 5.34. The van der Waals surface area contributed by atoms with Gasteiger partial charge in [0, 0.05) is 30.4 Å². The number of aryl methyl sites for hydroxylation is 1. The first kappa shape index (κ1) is 13.4. The van der Waals surface area contributed by atoms with Gasteiger partial charge in [-0.15, -0.1) is 0 Å². The summed E-state index contributed by atoms with van der Waals surface area (Å²) in [5.41, 5.74) is 8.90. The van der Waals surface area contributed by atoms with E-state index in [2.05, 4.69) is 11.8 Å². The van der Waals surface area contributed by atoms with E-state index >= 15 is 0 Å². The molecule has 1 aromatic carbocycles. The Kier molecular flexibility index (Phi) is 3.66. The third-order valence-corrected chi connectivity index (χ3v) is 4.51. The maximum absolute atomic E-state index is 12.3. The van der Waals surface area contributed by atoms with E-state index in [1.807, 2.05) is 23.1 Å². The van der Waals surface area contributed by atoms with E-state index in [-0.39, 0.29) is 5.91 Å². The molecule has 2 aliphatic heterocycles. The number of likely N-dealkylation sites (tertiary alicyclic amines) is 1. The number of amides is 1. The first-order valence-electron chi connectivity index (χ1n) is 7.58. The minimum atomic E-state index is 0.244.